The van der Waals surface area contributed by atoms with E-state index in [2.05, 4.69) is 27.6 Å². The predicted molar refractivity (Wildman–Crippen MR) is 76.4 cm³/mol. The Balaban J connectivity index is 1.97. The number of amides is 1. The zero-order chi connectivity index (χ0) is 13.7. The first-order valence-electron chi connectivity index (χ1n) is 6.88. The molecule has 1 saturated heterocycles. The number of aromatic nitrogens is 1. The first-order valence-corrected chi connectivity index (χ1v) is 6.88. The van der Waals surface area contributed by atoms with Crippen molar-refractivity contribution >= 4 is 11.6 Å². The van der Waals surface area contributed by atoms with Crippen LogP contribution < -0.4 is 10.6 Å². The summed E-state index contributed by atoms with van der Waals surface area (Å²) in [5, 5.41) is 6.25. The van der Waals surface area contributed by atoms with Gasteiger partial charge in [-0.25, -0.2) is 0 Å². The molecule has 1 amide bonds. The number of carbonyl (C=O) groups is 1. The summed E-state index contributed by atoms with van der Waals surface area (Å²) >= 11 is 0. The topological polar surface area (TPSA) is 57.3 Å². The number of likely N-dealkylation sites (N-methyl/N-ethyl adjacent to an activating group) is 1. The maximum absolute atomic E-state index is 12.2. The third-order valence-electron chi connectivity index (χ3n) is 3.33. The molecule has 19 heavy (non-hydrogen) atoms. The number of rotatable bonds is 4. The molecular weight excluding hydrogens is 240 g/mol. The molecular formula is C14H22N4O. The molecule has 2 rings (SSSR count). The Morgan fingerprint density at radius 3 is 3.16 bits per heavy atom. The van der Waals surface area contributed by atoms with Gasteiger partial charge in [0.05, 0.1) is 0 Å². The van der Waals surface area contributed by atoms with Crippen molar-refractivity contribution in [2.24, 2.45) is 0 Å². The van der Waals surface area contributed by atoms with Crippen LogP contribution in [0.25, 0.3) is 0 Å². The molecule has 1 aliphatic heterocycles. The Bertz CT molecular complexity index is 435. The number of likely N-dealkylation sites (tertiary alicyclic amines) is 1. The first-order chi connectivity index (χ1) is 9.19. The van der Waals surface area contributed by atoms with E-state index in [-0.39, 0.29) is 11.9 Å². The minimum atomic E-state index is -0.0833. The molecule has 1 aromatic heterocycles. The van der Waals surface area contributed by atoms with Crippen LogP contribution in [0.4, 0.5) is 5.69 Å². The van der Waals surface area contributed by atoms with E-state index >= 15 is 0 Å². The highest BCUT2D eigenvalue weighted by Gasteiger charge is 2.20. The normalized spacial score (nSPS) is 20.0. The highest BCUT2D eigenvalue weighted by atomic mass is 16.1. The van der Waals surface area contributed by atoms with Crippen molar-refractivity contribution in [2.45, 2.75) is 25.8 Å². The van der Waals surface area contributed by atoms with Crippen LogP contribution in [0.2, 0.25) is 0 Å². The number of nitrogens with one attached hydrogen (secondary N) is 2. The van der Waals surface area contributed by atoms with Gasteiger partial charge in [0, 0.05) is 31.0 Å². The van der Waals surface area contributed by atoms with E-state index in [1.807, 2.05) is 13.0 Å². The monoisotopic (exact) mass is 262 g/mol. The summed E-state index contributed by atoms with van der Waals surface area (Å²) < 4.78 is 0. The van der Waals surface area contributed by atoms with Gasteiger partial charge in [0.15, 0.2) is 0 Å². The second kappa shape index (κ2) is 6.52. The lowest BCUT2D eigenvalue weighted by Crippen LogP contribution is -2.46. The Kier molecular flexibility index (Phi) is 4.74. The summed E-state index contributed by atoms with van der Waals surface area (Å²) in [5.74, 6) is -0.0833. The van der Waals surface area contributed by atoms with Gasteiger partial charge in [0.2, 0.25) is 0 Å². The molecule has 0 spiro atoms. The molecule has 1 aromatic rings. The zero-order valence-corrected chi connectivity index (χ0v) is 11.6. The van der Waals surface area contributed by atoms with Gasteiger partial charge in [-0.2, -0.15) is 0 Å². The van der Waals surface area contributed by atoms with Crippen molar-refractivity contribution in [1.82, 2.24) is 15.2 Å². The third kappa shape index (κ3) is 3.92. The van der Waals surface area contributed by atoms with Crippen LogP contribution in [0.3, 0.4) is 0 Å². The van der Waals surface area contributed by atoms with Crippen LogP contribution in [-0.2, 0) is 0 Å². The second-order valence-electron chi connectivity index (χ2n) is 5.03. The van der Waals surface area contributed by atoms with Crippen LogP contribution in [0.1, 0.15) is 30.3 Å². The third-order valence-corrected chi connectivity index (χ3v) is 3.33. The average molecular weight is 262 g/mol. The summed E-state index contributed by atoms with van der Waals surface area (Å²) in [6.07, 6.45) is 3.84. The molecule has 1 atom stereocenters. The fourth-order valence-electron chi connectivity index (χ4n) is 2.41. The summed E-state index contributed by atoms with van der Waals surface area (Å²) in [6.45, 7) is 4.88. The van der Waals surface area contributed by atoms with Gasteiger partial charge in [-0.05, 0) is 45.5 Å². The molecule has 2 N–H and O–H groups in total. The Morgan fingerprint density at radius 1 is 1.58 bits per heavy atom. The number of carbonyl (C=O) groups excluding carboxylic acids is 1. The van der Waals surface area contributed by atoms with Gasteiger partial charge in [-0.3, -0.25) is 9.78 Å². The van der Waals surface area contributed by atoms with Gasteiger partial charge in [0.1, 0.15) is 5.69 Å². The maximum Gasteiger partial charge on any atom is 0.270 e. The molecule has 104 valence electrons. The summed E-state index contributed by atoms with van der Waals surface area (Å²) in [7, 11) is 2.09. The first kappa shape index (κ1) is 13.8. The largest absolute Gasteiger partial charge is 0.385 e. The smallest absolute Gasteiger partial charge is 0.270 e. The highest BCUT2D eigenvalue weighted by molar-refractivity contribution is 5.93. The molecule has 0 radical (unpaired) electrons. The number of hydrogen-bond donors (Lipinski definition) is 2. The van der Waals surface area contributed by atoms with Gasteiger partial charge in [-0.15, -0.1) is 0 Å². The minimum Gasteiger partial charge on any atom is -0.385 e. The molecule has 2 heterocycles. The zero-order valence-electron chi connectivity index (χ0n) is 11.6. The molecule has 1 fully saturated rings. The van der Waals surface area contributed by atoms with Gasteiger partial charge >= 0.3 is 0 Å². The lowest BCUT2D eigenvalue weighted by Gasteiger charge is -2.30. The van der Waals surface area contributed by atoms with E-state index < -0.39 is 0 Å². The van der Waals surface area contributed by atoms with Crippen LogP contribution in [-0.4, -0.2) is 48.5 Å². The maximum atomic E-state index is 12.2. The van der Waals surface area contributed by atoms with E-state index in [4.69, 9.17) is 0 Å². The summed E-state index contributed by atoms with van der Waals surface area (Å²) in [5.41, 5.74) is 1.41. The van der Waals surface area contributed by atoms with E-state index in [0.717, 1.165) is 38.2 Å². The lowest BCUT2D eigenvalue weighted by molar-refractivity contribution is 0.0907. The summed E-state index contributed by atoms with van der Waals surface area (Å²) in [4.78, 5) is 18.5. The fraction of sp³-hybridized carbons (Fsp3) is 0.571. The van der Waals surface area contributed by atoms with Crippen LogP contribution >= 0.6 is 0 Å². The Morgan fingerprint density at radius 2 is 2.42 bits per heavy atom. The standard InChI is InChI=1S/C14H22N4O/c1-3-15-11-6-7-16-13(9-11)14(19)17-12-5-4-8-18(2)10-12/h6-7,9,12H,3-5,8,10H2,1-2H3,(H,15,16)(H,17,19). The van der Waals surface area contributed by atoms with E-state index in [9.17, 15) is 4.79 Å². The van der Waals surface area contributed by atoms with Crippen LogP contribution in [0.5, 0.6) is 0 Å². The van der Waals surface area contributed by atoms with E-state index in [1.54, 1.807) is 12.3 Å². The SMILES string of the molecule is CCNc1ccnc(C(=O)NC2CCCN(C)C2)c1. The number of pyridine rings is 1. The van der Waals surface area contributed by atoms with Crippen molar-refractivity contribution < 1.29 is 4.79 Å². The van der Waals surface area contributed by atoms with Crippen LogP contribution in [0, 0.1) is 0 Å². The van der Waals surface area contributed by atoms with Crippen molar-refractivity contribution in [1.29, 1.82) is 0 Å². The number of nitrogens with zero attached hydrogens (tertiary/aromatic N) is 2. The molecule has 1 aliphatic rings. The number of hydrogen-bond acceptors (Lipinski definition) is 4. The average Bonchev–Trinajstić information content (AvgIpc) is 2.39. The van der Waals surface area contributed by atoms with Gasteiger partial charge in [-0.1, -0.05) is 0 Å². The van der Waals surface area contributed by atoms with Gasteiger partial charge < -0.3 is 15.5 Å². The minimum absolute atomic E-state index is 0.0833. The number of piperidine rings is 1. The second-order valence-corrected chi connectivity index (χ2v) is 5.03. The molecule has 5 heteroatoms. The van der Waals surface area contributed by atoms with E-state index in [0.29, 0.717) is 5.69 Å². The van der Waals surface area contributed by atoms with E-state index in [1.165, 1.54) is 0 Å². The predicted octanol–water partition coefficient (Wildman–Crippen LogP) is 1.34. The van der Waals surface area contributed by atoms with Crippen molar-refractivity contribution in [2.75, 3.05) is 32.0 Å². The molecule has 0 aromatic carbocycles. The quantitative estimate of drug-likeness (QED) is 0.859. The Hall–Kier alpha value is -1.62. The molecule has 0 bridgehead atoms. The van der Waals surface area contributed by atoms with Crippen molar-refractivity contribution in [3.63, 3.8) is 0 Å². The summed E-state index contributed by atoms with van der Waals surface area (Å²) in [6, 6.07) is 3.90. The van der Waals surface area contributed by atoms with Crippen LogP contribution in [0.15, 0.2) is 18.3 Å². The number of anilines is 1. The van der Waals surface area contributed by atoms with Crippen molar-refractivity contribution in [3.05, 3.63) is 24.0 Å². The van der Waals surface area contributed by atoms with Gasteiger partial charge in [0.25, 0.3) is 5.91 Å². The lowest BCUT2D eigenvalue weighted by atomic mass is 10.1. The Labute approximate surface area is 114 Å². The molecule has 0 aliphatic carbocycles. The fourth-order valence-corrected chi connectivity index (χ4v) is 2.41. The molecule has 1 unspecified atom stereocenters. The molecule has 0 saturated carbocycles. The van der Waals surface area contributed by atoms with Crippen molar-refractivity contribution in [3.8, 4) is 0 Å². The molecule has 5 nitrogen and oxygen atoms in total. The highest BCUT2D eigenvalue weighted by Crippen LogP contribution is 2.11.